The Labute approximate surface area is 68.1 Å². The maximum absolute atomic E-state index is 5.98. The molecule has 0 amide bonds. The highest BCUT2D eigenvalue weighted by molar-refractivity contribution is 4.87. The molecule has 2 fully saturated rings. The van der Waals surface area contributed by atoms with E-state index in [0.717, 1.165) is 6.61 Å². The van der Waals surface area contributed by atoms with Gasteiger partial charge in [0.2, 0.25) is 0 Å². The second-order valence-electron chi connectivity index (χ2n) is 3.81. The fourth-order valence-corrected chi connectivity index (χ4v) is 2.42. The van der Waals surface area contributed by atoms with E-state index >= 15 is 0 Å². The summed E-state index contributed by atoms with van der Waals surface area (Å²) in [5.41, 5.74) is 5.98. The van der Waals surface area contributed by atoms with Crippen LogP contribution in [0.5, 0.6) is 0 Å². The van der Waals surface area contributed by atoms with E-state index in [-0.39, 0.29) is 0 Å². The molecule has 1 aliphatic heterocycles. The molecule has 3 atom stereocenters. The molecule has 1 aliphatic carbocycles. The summed E-state index contributed by atoms with van der Waals surface area (Å²) in [4.78, 5) is 0. The Morgan fingerprint density at radius 3 is 2.55 bits per heavy atom. The average molecular weight is 155 g/mol. The SMILES string of the molecule is NC1CCCC1C1CCCO1. The van der Waals surface area contributed by atoms with Crippen LogP contribution >= 0.6 is 0 Å². The Hall–Kier alpha value is -0.0800. The van der Waals surface area contributed by atoms with Crippen molar-refractivity contribution in [2.24, 2.45) is 11.7 Å². The Bertz CT molecular complexity index is 132. The third kappa shape index (κ3) is 1.42. The highest BCUT2D eigenvalue weighted by atomic mass is 16.5. The van der Waals surface area contributed by atoms with Crippen molar-refractivity contribution in [1.82, 2.24) is 0 Å². The molecule has 11 heavy (non-hydrogen) atoms. The van der Waals surface area contributed by atoms with Crippen molar-refractivity contribution in [2.45, 2.75) is 44.2 Å². The smallest absolute Gasteiger partial charge is 0.0618 e. The number of nitrogens with two attached hydrogens (primary N) is 1. The molecular weight excluding hydrogens is 138 g/mol. The summed E-state index contributed by atoms with van der Waals surface area (Å²) in [7, 11) is 0. The fourth-order valence-electron chi connectivity index (χ4n) is 2.42. The molecule has 3 unspecified atom stereocenters. The van der Waals surface area contributed by atoms with E-state index in [0.29, 0.717) is 18.1 Å². The van der Waals surface area contributed by atoms with E-state index < -0.39 is 0 Å². The first kappa shape index (κ1) is 7.56. The Morgan fingerprint density at radius 2 is 2.00 bits per heavy atom. The zero-order valence-electron chi connectivity index (χ0n) is 6.96. The normalized spacial score (nSPS) is 45.0. The summed E-state index contributed by atoms with van der Waals surface area (Å²) in [6.07, 6.45) is 6.82. The first-order chi connectivity index (χ1) is 5.38. The van der Waals surface area contributed by atoms with E-state index in [4.69, 9.17) is 10.5 Å². The summed E-state index contributed by atoms with van der Waals surface area (Å²) in [5, 5.41) is 0. The number of rotatable bonds is 1. The van der Waals surface area contributed by atoms with Gasteiger partial charge in [-0.2, -0.15) is 0 Å². The minimum absolute atomic E-state index is 0.429. The van der Waals surface area contributed by atoms with Crippen LogP contribution in [0.3, 0.4) is 0 Å². The number of ether oxygens (including phenoxy) is 1. The largest absolute Gasteiger partial charge is 0.378 e. The number of hydrogen-bond acceptors (Lipinski definition) is 2. The van der Waals surface area contributed by atoms with Crippen molar-refractivity contribution in [3.05, 3.63) is 0 Å². The Morgan fingerprint density at radius 1 is 1.09 bits per heavy atom. The lowest BCUT2D eigenvalue weighted by Crippen LogP contribution is -2.33. The summed E-state index contributed by atoms with van der Waals surface area (Å²) < 4.78 is 5.63. The van der Waals surface area contributed by atoms with Crippen molar-refractivity contribution in [2.75, 3.05) is 6.61 Å². The molecule has 0 bridgehead atoms. The summed E-state index contributed by atoms with van der Waals surface area (Å²) in [6.45, 7) is 0.966. The topological polar surface area (TPSA) is 35.2 Å². The van der Waals surface area contributed by atoms with Crippen LogP contribution in [0, 0.1) is 5.92 Å². The molecule has 1 heterocycles. The predicted molar refractivity (Wildman–Crippen MR) is 44.3 cm³/mol. The van der Waals surface area contributed by atoms with Crippen LogP contribution in [0.15, 0.2) is 0 Å². The van der Waals surface area contributed by atoms with Gasteiger partial charge in [0.1, 0.15) is 0 Å². The molecule has 2 aliphatic rings. The van der Waals surface area contributed by atoms with Gasteiger partial charge in [0.05, 0.1) is 6.10 Å². The maximum Gasteiger partial charge on any atom is 0.0618 e. The van der Waals surface area contributed by atoms with E-state index in [9.17, 15) is 0 Å². The third-order valence-corrected chi connectivity index (χ3v) is 3.07. The standard InChI is InChI=1S/C9H17NO/c10-8-4-1-3-7(8)9-5-2-6-11-9/h7-9H,1-6,10H2. The van der Waals surface area contributed by atoms with Crippen LogP contribution in [0.4, 0.5) is 0 Å². The van der Waals surface area contributed by atoms with Crippen LogP contribution in [-0.2, 0) is 4.74 Å². The molecule has 64 valence electrons. The zero-order valence-corrected chi connectivity index (χ0v) is 6.96. The second kappa shape index (κ2) is 3.11. The third-order valence-electron chi connectivity index (χ3n) is 3.07. The average Bonchev–Trinajstić information content (AvgIpc) is 2.55. The van der Waals surface area contributed by atoms with Gasteiger partial charge in [-0.15, -0.1) is 0 Å². The first-order valence-corrected chi connectivity index (χ1v) is 4.75. The first-order valence-electron chi connectivity index (χ1n) is 4.75. The van der Waals surface area contributed by atoms with Crippen molar-refractivity contribution in [3.63, 3.8) is 0 Å². The van der Waals surface area contributed by atoms with Crippen molar-refractivity contribution >= 4 is 0 Å². The van der Waals surface area contributed by atoms with Gasteiger partial charge in [0.15, 0.2) is 0 Å². The van der Waals surface area contributed by atoms with Crippen LogP contribution in [0.25, 0.3) is 0 Å². The summed E-state index contributed by atoms with van der Waals surface area (Å²) >= 11 is 0. The van der Waals surface area contributed by atoms with E-state index in [2.05, 4.69) is 0 Å². The van der Waals surface area contributed by atoms with E-state index in [1.807, 2.05) is 0 Å². The highest BCUT2D eigenvalue weighted by Crippen LogP contribution is 2.32. The van der Waals surface area contributed by atoms with Gasteiger partial charge < -0.3 is 10.5 Å². The van der Waals surface area contributed by atoms with Gasteiger partial charge in [-0.3, -0.25) is 0 Å². The van der Waals surface area contributed by atoms with Gasteiger partial charge in [0, 0.05) is 18.6 Å². The van der Waals surface area contributed by atoms with Crippen LogP contribution < -0.4 is 5.73 Å². The van der Waals surface area contributed by atoms with Crippen LogP contribution in [0.2, 0.25) is 0 Å². The van der Waals surface area contributed by atoms with Crippen molar-refractivity contribution in [3.8, 4) is 0 Å². The lowest BCUT2D eigenvalue weighted by Gasteiger charge is -2.21. The minimum atomic E-state index is 0.429. The monoisotopic (exact) mass is 155 g/mol. The van der Waals surface area contributed by atoms with Crippen LogP contribution in [0.1, 0.15) is 32.1 Å². The van der Waals surface area contributed by atoms with E-state index in [1.165, 1.54) is 32.1 Å². The zero-order chi connectivity index (χ0) is 7.68. The Balaban J connectivity index is 1.92. The van der Waals surface area contributed by atoms with Crippen molar-refractivity contribution in [1.29, 1.82) is 0 Å². The molecule has 1 saturated carbocycles. The van der Waals surface area contributed by atoms with E-state index in [1.54, 1.807) is 0 Å². The van der Waals surface area contributed by atoms with Gasteiger partial charge in [-0.1, -0.05) is 6.42 Å². The predicted octanol–water partition coefficient (Wildman–Crippen LogP) is 1.29. The number of hydrogen-bond donors (Lipinski definition) is 1. The van der Waals surface area contributed by atoms with Gasteiger partial charge in [0.25, 0.3) is 0 Å². The lowest BCUT2D eigenvalue weighted by atomic mass is 9.95. The molecular formula is C9H17NO. The van der Waals surface area contributed by atoms with Crippen LogP contribution in [-0.4, -0.2) is 18.8 Å². The molecule has 0 radical (unpaired) electrons. The summed E-state index contributed by atoms with van der Waals surface area (Å²) in [6, 6.07) is 0.429. The molecule has 1 saturated heterocycles. The molecule has 0 aromatic rings. The molecule has 2 heteroatoms. The highest BCUT2D eigenvalue weighted by Gasteiger charge is 2.33. The fraction of sp³-hybridized carbons (Fsp3) is 1.00. The quantitative estimate of drug-likeness (QED) is 0.619. The minimum Gasteiger partial charge on any atom is -0.378 e. The molecule has 0 aromatic heterocycles. The maximum atomic E-state index is 5.98. The van der Waals surface area contributed by atoms with Crippen molar-refractivity contribution < 1.29 is 4.74 Å². The molecule has 0 spiro atoms. The molecule has 2 nitrogen and oxygen atoms in total. The Kier molecular flexibility index (Phi) is 2.14. The molecule has 0 aromatic carbocycles. The lowest BCUT2D eigenvalue weighted by molar-refractivity contribution is 0.0598. The van der Waals surface area contributed by atoms with Gasteiger partial charge in [-0.25, -0.2) is 0 Å². The van der Waals surface area contributed by atoms with Gasteiger partial charge >= 0.3 is 0 Å². The molecule has 2 N–H and O–H groups in total. The summed E-state index contributed by atoms with van der Waals surface area (Å²) in [5.74, 6) is 0.678. The second-order valence-corrected chi connectivity index (χ2v) is 3.81. The van der Waals surface area contributed by atoms with Gasteiger partial charge in [-0.05, 0) is 25.7 Å². The molecule has 2 rings (SSSR count).